The summed E-state index contributed by atoms with van der Waals surface area (Å²) in [6.07, 6.45) is 6.52. The zero-order chi connectivity index (χ0) is 15.6. The van der Waals surface area contributed by atoms with Crippen LogP contribution in [0.2, 0.25) is 0 Å². The molecule has 120 valence electrons. The van der Waals surface area contributed by atoms with Gasteiger partial charge in [-0.2, -0.15) is 5.10 Å². The van der Waals surface area contributed by atoms with Crippen LogP contribution in [0.1, 0.15) is 24.2 Å². The van der Waals surface area contributed by atoms with Gasteiger partial charge in [0.25, 0.3) is 0 Å². The number of piperidine rings is 1. The number of aromatic nitrogens is 4. The van der Waals surface area contributed by atoms with Gasteiger partial charge in [-0.05, 0) is 31.9 Å². The van der Waals surface area contributed by atoms with E-state index in [1.54, 1.807) is 11.3 Å². The van der Waals surface area contributed by atoms with Gasteiger partial charge in [-0.3, -0.25) is 4.40 Å². The average Bonchev–Trinajstić information content (AvgIpc) is 3.15. The Balaban J connectivity index is 1.37. The van der Waals surface area contributed by atoms with Gasteiger partial charge in [0.2, 0.25) is 0 Å². The molecular weight excluding hydrogens is 308 g/mol. The molecule has 0 amide bonds. The molecule has 1 aliphatic heterocycles. The topological polar surface area (TPSA) is 58.4 Å². The van der Waals surface area contributed by atoms with Crippen LogP contribution in [-0.2, 0) is 6.54 Å². The van der Waals surface area contributed by atoms with Crippen LogP contribution in [0.5, 0.6) is 0 Å². The molecule has 0 saturated carbocycles. The van der Waals surface area contributed by atoms with Crippen molar-refractivity contribution >= 4 is 22.1 Å². The second-order valence-corrected chi connectivity index (χ2v) is 6.90. The molecular formula is C16H20N6S. The third kappa shape index (κ3) is 3.20. The predicted molar refractivity (Wildman–Crippen MR) is 91.9 cm³/mol. The molecule has 1 fully saturated rings. The first-order valence-electron chi connectivity index (χ1n) is 7.98. The minimum absolute atomic E-state index is 0.464. The van der Waals surface area contributed by atoms with Gasteiger partial charge in [-0.1, -0.05) is 0 Å². The summed E-state index contributed by atoms with van der Waals surface area (Å²) in [5, 5.41) is 14.2. The molecule has 3 aromatic rings. The van der Waals surface area contributed by atoms with E-state index in [1.807, 2.05) is 13.0 Å². The van der Waals surface area contributed by atoms with E-state index in [4.69, 9.17) is 0 Å². The standard InChI is InChI=1S/C16H20N6S/c1-12-4-5-15(20-19-12)21-6-2-3-13(10-21)17-9-14-11-22-7-8-23-16(22)18-14/h4-5,7-8,11,13,17H,2-3,6,9-10H2,1H3. The van der Waals surface area contributed by atoms with Crippen molar-refractivity contribution in [2.24, 2.45) is 0 Å². The van der Waals surface area contributed by atoms with E-state index in [2.05, 4.69) is 53.6 Å². The van der Waals surface area contributed by atoms with Crippen molar-refractivity contribution in [2.45, 2.75) is 32.4 Å². The van der Waals surface area contributed by atoms with Crippen LogP contribution in [0.4, 0.5) is 5.82 Å². The number of rotatable bonds is 4. The van der Waals surface area contributed by atoms with Crippen LogP contribution in [0, 0.1) is 6.92 Å². The maximum Gasteiger partial charge on any atom is 0.193 e. The number of anilines is 1. The van der Waals surface area contributed by atoms with Gasteiger partial charge < -0.3 is 10.2 Å². The maximum absolute atomic E-state index is 4.63. The predicted octanol–water partition coefficient (Wildman–Crippen LogP) is 2.25. The number of hydrogen-bond donors (Lipinski definition) is 1. The number of aryl methyl sites for hydroxylation is 1. The fourth-order valence-electron chi connectivity index (χ4n) is 3.02. The highest BCUT2D eigenvalue weighted by Gasteiger charge is 2.21. The molecule has 0 aromatic carbocycles. The van der Waals surface area contributed by atoms with Gasteiger partial charge in [0.05, 0.1) is 11.4 Å². The van der Waals surface area contributed by atoms with E-state index in [0.29, 0.717) is 6.04 Å². The highest BCUT2D eigenvalue weighted by atomic mass is 32.1. The Hall–Kier alpha value is -1.99. The van der Waals surface area contributed by atoms with Crippen molar-refractivity contribution in [2.75, 3.05) is 18.0 Å². The molecule has 4 rings (SSSR count). The quantitative estimate of drug-likeness (QED) is 0.796. The van der Waals surface area contributed by atoms with Crippen LogP contribution in [0.15, 0.2) is 29.9 Å². The van der Waals surface area contributed by atoms with Crippen LogP contribution >= 0.6 is 11.3 Å². The summed E-state index contributed by atoms with van der Waals surface area (Å²) in [5.41, 5.74) is 2.06. The van der Waals surface area contributed by atoms with Crippen molar-refractivity contribution in [3.05, 3.63) is 41.3 Å². The Kier molecular flexibility index (Phi) is 3.97. The highest BCUT2D eigenvalue weighted by molar-refractivity contribution is 7.15. The van der Waals surface area contributed by atoms with Crippen molar-refractivity contribution < 1.29 is 0 Å². The lowest BCUT2D eigenvalue weighted by atomic mass is 10.1. The van der Waals surface area contributed by atoms with E-state index in [9.17, 15) is 0 Å². The first-order chi connectivity index (χ1) is 11.3. The van der Waals surface area contributed by atoms with E-state index >= 15 is 0 Å². The summed E-state index contributed by atoms with van der Waals surface area (Å²) in [6.45, 7) is 4.80. The van der Waals surface area contributed by atoms with E-state index < -0.39 is 0 Å². The minimum atomic E-state index is 0.464. The third-order valence-corrected chi connectivity index (χ3v) is 5.01. The molecule has 1 saturated heterocycles. The van der Waals surface area contributed by atoms with Gasteiger partial charge >= 0.3 is 0 Å². The smallest absolute Gasteiger partial charge is 0.193 e. The highest BCUT2D eigenvalue weighted by Crippen LogP contribution is 2.18. The third-order valence-electron chi connectivity index (χ3n) is 4.24. The molecule has 1 aliphatic rings. The number of imidazole rings is 1. The summed E-state index contributed by atoms with van der Waals surface area (Å²) in [7, 11) is 0. The number of thiazole rings is 1. The summed E-state index contributed by atoms with van der Waals surface area (Å²) in [4.78, 5) is 8.00. The molecule has 0 spiro atoms. The number of hydrogen-bond acceptors (Lipinski definition) is 6. The van der Waals surface area contributed by atoms with Crippen molar-refractivity contribution in [3.63, 3.8) is 0 Å². The van der Waals surface area contributed by atoms with Gasteiger partial charge in [0.1, 0.15) is 0 Å². The van der Waals surface area contributed by atoms with E-state index in [1.165, 1.54) is 12.8 Å². The molecule has 0 aliphatic carbocycles. The fraction of sp³-hybridized carbons (Fsp3) is 0.438. The first-order valence-corrected chi connectivity index (χ1v) is 8.85. The van der Waals surface area contributed by atoms with Crippen LogP contribution in [0.25, 0.3) is 4.96 Å². The molecule has 0 bridgehead atoms. The largest absolute Gasteiger partial charge is 0.354 e. The second-order valence-electron chi connectivity index (χ2n) is 6.02. The van der Waals surface area contributed by atoms with E-state index in [0.717, 1.165) is 41.8 Å². The Bertz CT molecular complexity index is 749. The molecule has 7 heteroatoms. The second kappa shape index (κ2) is 6.25. The molecule has 3 aromatic heterocycles. The first kappa shape index (κ1) is 14.6. The summed E-state index contributed by atoms with van der Waals surface area (Å²) in [5.74, 6) is 0.976. The van der Waals surface area contributed by atoms with Crippen molar-refractivity contribution in [3.8, 4) is 0 Å². The average molecular weight is 328 g/mol. The SMILES string of the molecule is Cc1ccc(N2CCCC(NCc3cn4ccsc4n3)C2)nn1. The Labute approximate surface area is 139 Å². The Morgan fingerprint density at radius 2 is 2.30 bits per heavy atom. The number of nitrogens with zero attached hydrogens (tertiary/aromatic N) is 5. The number of fused-ring (bicyclic) bond motifs is 1. The lowest BCUT2D eigenvalue weighted by molar-refractivity contribution is 0.418. The van der Waals surface area contributed by atoms with Gasteiger partial charge in [0.15, 0.2) is 10.8 Å². The Morgan fingerprint density at radius 3 is 3.13 bits per heavy atom. The zero-order valence-electron chi connectivity index (χ0n) is 13.1. The van der Waals surface area contributed by atoms with Crippen molar-refractivity contribution in [1.82, 2.24) is 24.9 Å². The summed E-state index contributed by atoms with van der Waals surface area (Å²) in [6, 6.07) is 4.55. The van der Waals surface area contributed by atoms with Crippen molar-refractivity contribution in [1.29, 1.82) is 0 Å². The molecule has 23 heavy (non-hydrogen) atoms. The lowest BCUT2D eigenvalue weighted by Crippen LogP contribution is -2.45. The molecule has 4 heterocycles. The van der Waals surface area contributed by atoms with Crippen LogP contribution < -0.4 is 10.2 Å². The lowest BCUT2D eigenvalue weighted by Gasteiger charge is -2.33. The molecule has 0 radical (unpaired) electrons. The van der Waals surface area contributed by atoms with Gasteiger partial charge in [-0.25, -0.2) is 4.98 Å². The monoisotopic (exact) mass is 328 g/mol. The molecule has 1 N–H and O–H groups in total. The Morgan fingerprint density at radius 1 is 1.35 bits per heavy atom. The van der Waals surface area contributed by atoms with E-state index in [-0.39, 0.29) is 0 Å². The summed E-state index contributed by atoms with van der Waals surface area (Å²) < 4.78 is 2.08. The molecule has 1 atom stereocenters. The number of nitrogens with one attached hydrogen (secondary N) is 1. The fourth-order valence-corrected chi connectivity index (χ4v) is 3.74. The van der Waals surface area contributed by atoms with Crippen LogP contribution in [-0.4, -0.2) is 38.7 Å². The molecule has 1 unspecified atom stereocenters. The molecule has 6 nitrogen and oxygen atoms in total. The minimum Gasteiger partial charge on any atom is -0.354 e. The normalized spacial score (nSPS) is 18.7. The van der Waals surface area contributed by atoms with Crippen LogP contribution in [0.3, 0.4) is 0 Å². The van der Waals surface area contributed by atoms with Gasteiger partial charge in [-0.15, -0.1) is 16.4 Å². The maximum atomic E-state index is 4.63. The van der Waals surface area contributed by atoms with Gasteiger partial charge in [0, 0.05) is 43.4 Å². The summed E-state index contributed by atoms with van der Waals surface area (Å²) >= 11 is 1.67. The zero-order valence-corrected chi connectivity index (χ0v) is 14.0.